The van der Waals surface area contributed by atoms with E-state index in [1.54, 1.807) is 10.7 Å². The Bertz CT molecular complexity index is 2190. The van der Waals surface area contributed by atoms with Crippen molar-refractivity contribution in [3.8, 4) is 17.1 Å². The van der Waals surface area contributed by atoms with E-state index in [0.29, 0.717) is 35.2 Å². The van der Waals surface area contributed by atoms with Gasteiger partial charge in [0.2, 0.25) is 5.69 Å². The van der Waals surface area contributed by atoms with Crippen LogP contribution in [0.1, 0.15) is 166 Å². The highest BCUT2D eigenvalue weighted by Gasteiger charge is 2.36. The maximum Gasteiger partial charge on any atom is 0.331 e. The van der Waals surface area contributed by atoms with Gasteiger partial charge in [-0.05, 0) is 91.5 Å². The lowest BCUT2D eigenvalue weighted by atomic mass is 9.75. The summed E-state index contributed by atoms with van der Waals surface area (Å²) in [5.74, 6) is 0.188. The third-order valence-corrected chi connectivity index (χ3v) is 13.1. The average molecular weight is 865 g/mol. The van der Waals surface area contributed by atoms with Crippen LogP contribution >= 0.6 is 0 Å². The molecule has 4 aromatic rings. The van der Waals surface area contributed by atoms with E-state index in [1.807, 2.05) is 31.2 Å². The molecule has 1 saturated carbocycles. The number of benzene rings is 2. The molecule has 342 valence electrons. The molecule has 12 heteroatoms. The van der Waals surface area contributed by atoms with Crippen LogP contribution in [0.4, 0.5) is 17.1 Å². The Balaban J connectivity index is 1.40. The van der Waals surface area contributed by atoms with Crippen molar-refractivity contribution in [2.75, 3.05) is 11.9 Å². The number of aryl methyl sites for hydroxylation is 1. The van der Waals surface area contributed by atoms with Crippen molar-refractivity contribution in [1.82, 2.24) is 19.9 Å². The molecule has 0 aliphatic heterocycles. The Morgan fingerprint density at radius 2 is 1.62 bits per heavy atom. The van der Waals surface area contributed by atoms with Crippen LogP contribution in [0.25, 0.3) is 21.9 Å². The van der Waals surface area contributed by atoms with Crippen LogP contribution in [0.15, 0.2) is 42.6 Å². The summed E-state index contributed by atoms with van der Waals surface area (Å²) in [5, 5.41) is 18.9. The van der Waals surface area contributed by atoms with Crippen molar-refractivity contribution >= 4 is 40.6 Å². The van der Waals surface area contributed by atoms with Crippen molar-refractivity contribution in [3.63, 3.8) is 0 Å². The third-order valence-electron chi connectivity index (χ3n) is 13.1. The number of nitrogens with zero attached hydrogens (tertiary/aromatic N) is 3. The predicted molar refractivity (Wildman–Crippen MR) is 251 cm³/mol. The van der Waals surface area contributed by atoms with E-state index >= 15 is 0 Å². The number of amides is 1. The van der Waals surface area contributed by atoms with E-state index in [-0.39, 0.29) is 53.5 Å². The highest BCUT2D eigenvalue weighted by molar-refractivity contribution is 6.03. The standard InChI is InChI=1S/C51H72N6O6/c1-10-12-13-14-15-16-17-18-19-20-21-43(49(60)53-27-26-44(58)59)62-42-25-24-38(51(7,8)11-2)31-40(42)54-39-30-37(23-22-34(39)4)47-55-48-45(41(52-9)32-57(48)56-47)50(61)63-46-35(5)28-33(3)29-36(46)6/h22-25,30-33,35-36,43,46,54H,10-21,26-29H2,1-8H3,(H,53,60)(H,55,56)(H,58,59). The van der Waals surface area contributed by atoms with Gasteiger partial charge < -0.3 is 25.2 Å². The normalized spacial score (nSPS) is 18.1. The number of carbonyl (C=O) groups is 3. The number of aromatic nitrogens is 3. The molecule has 2 aromatic heterocycles. The minimum absolute atomic E-state index is 0.0228. The number of carbonyl (C=O) groups excluding carboxylic acids is 2. The number of esters is 1. The zero-order valence-corrected chi connectivity index (χ0v) is 39.1. The quantitative estimate of drug-likeness (QED) is 0.0309. The lowest BCUT2D eigenvalue weighted by Crippen LogP contribution is -2.39. The van der Waals surface area contributed by atoms with Crippen LogP contribution in [0, 0.1) is 31.2 Å². The smallest absolute Gasteiger partial charge is 0.331 e. The second kappa shape index (κ2) is 22.9. The number of aromatic amines is 1. The molecule has 12 nitrogen and oxygen atoms in total. The number of carboxylic acids is 1. The molecule has 0 bridgehead atoms. The van der Waals surface area contributed by atoms with E-state index in [2.05, 4.69) is 81.2 Å². The first kappa shape index (κ1) is 48.7. The molecule has 5 rings (SSSR count). The van der Waals surface area contributed by atoms with Crippen LogP contribution in [0.2, 0.25) is 0 Å². The van der Waals surface area contributed by atoms with Crippen molar-refractivity contribution in [2.24, 2.45) is 17.8 Å². The largest absolute Gasteiger partial charge is 0.481 e. The first-order valence-electron chi connectivity index (χ1n) is 23.5. The van der Waals surface area contributed by atoms with E-state index in [4.69, 9.17) is 21.0 Å². The van der Waals surface area contributed by atoms with Gasteiger partial charge in [-0.3, -0.25) is 19.2 Å². The molecule has 2 aromatic carbocycles. The molecule has 3 atom stereocenters. The molecular formula is C51H72N6O6. The van der Waals surface area contributed by atoms with Crippen LogP contribution in [0.5, 0.6) is 5.75 Å². The summed E-state index contributed by atoms with van der Waals surface area (Å²) < 4.78 is 14.4. The number of aliphatic carboxylic acids is 1. The number of anilines is 2. The monoisotopic (exact) mass is 865 g/mol. The van der Waals surface area contributed by atoms with Gasteiger partial charge in [0.05, 0.1) is 18.7 Å². The number of hydrogen-bond acceptors (Lipinski definition) is 7. The van der Waals surface area contributed by atoms with Crippen molar-refractivity contribution in [3.05, 3.63) is 70.7 Å². The van der Waals surface area contributed by atoms with Crippen molar-refractivity contribution in [2.45, 2.75) is 169 Å². The molecule has 0 saturated heterocycles. The summed E-state index contributed by atoms with van der Waals surface area (Å²) in [6, 6.07) is 12.0. The highest BCUT2D eigenvalue weighted by atomic mass is 16.5. The summed E-state index contributed by atoms with van der Waals surface area (Å²) >= 11 is 0. The number of nitrogens with one attached hydrogen (secondary N) is 3. The minimum Gasteiger partial charge on any atom is -0.481 e. The number of H-pyrrole nitrogens is 1. The molecular weight excluding hydrogens is 793 g/mol. The predicted octanol–water partition coefficient (Wildman–Crippen LogP) is 12.5. The first-order chi connectivity index (χ1) is 30.1. The number of ether oxygens (including phenoxy) is 2. The minimum atomic E-state index is -0.974. The Morgan fingerprint density at radius 1 is 0.952 bits per heavy atom. The average Bonchev–Trinajstić information content (AvgIpc) is 3.81. The summed E-state index contributed by atoms with van der Waals surface area (Å²) in [7, 11) is 0. The van der Waals surface area contributed by atoms with Gasteiger partial charge in [-0.1, -0.05) is 124 Å². The number of rotatable bonds is 24. The number of hydrogen-bond donors (Lipinski definition) is 4. The lowest BCUT2D eigenvalue weighted by Gasteiger charge is -2.37. The summed E-state index contributed by atoms with van der Waals surface area (Å²) in [6.07, 6.45) is 15.4. The van der Waals surface area contributed by atoms with Crippen molar-refractivity contribution < 1.29 is 29.0 Å². The maximum atomic E-state index is 13.8. The van der Waals surface area contributed by atoms with Gasteiger partial charge in [-0.15, -0.1) is 0 Å². The van der Waals surface area contributed by atoms with E-state index < -0.39 is 18.0 Å². The van der Waals surface area contributed by atoms with E-state index in [0.717, 1.165) is 60.9 Å². The van der Waals surface area contributed by atoms with Gasteiger partial charge in [0.25, 0.3) is 5.91 Å². The second-order valence-electron chi connectivity index (χ2n) is 18.8. The second-order valence-corrected chi connectivity index (χ2v) is 18.8. The molecule has 63 heavy (non-hydrogen) atoms. The summed E-state index contributed by atoms with van der Waals surface area (Å²) in [4.78, 5) is 47.2. The fourth-order valence-electron chi connectivity index (χ4n) is 8.97. The molecule has 0 spiro atoms. The molecule has 3 unspecified atom stereocenters. The van der Waals surface area contributed by atoms with E-state index in [1.165, 1.54) is 44.9 Å². The van der Waals surface area contributed by atoms with E-state index in [9.17, 15) is 19.5 Å². The van der Waals surface area contributed by atoms with Gasteiger partial charge in [0, 0.05) is 24.0 Å². The Hall–Kier alpha value is -5.31. The van der Waals surface area contributed by atoms with Gasteiger partial charge in [0.15, 0.2) is 17.6 Å². The molecule has 0 radical (unpaired) electrons. The molecule has 2 heterocycles. The molecule has 4 N–H and O–H groups in total. The SMILES string of the molecule is [C-]#[N+]c1cn2[nH]c(-c3ccc(C)c(Nc4cc(C(C)(C)CC)ccc4OC(CCCCCCCCCCCC)C(=O)NCCC(=O)O)c3)nc2c1C(=O)OC1C(C)CC(C)CC1C. The maximum absolute atomic E-state index is 13.8. The topological polar surface area (TPSA) is 151 Å². The Morgan fingerprint density at radius 3 is 2.25 bits per heavy atom. The van der Waals surface area contributed by atoms with Gasteiger partial charge in [0.1, 0.15) is 17.4 Å². The lowest BCUT2D eigenvalue weighted by molar-refractivity contribution is -0.137. The number of unbranched alkanes of at least 4 members (excludes halogenated alkanes) is 9. The summed E-state index contributed by atoms with van der Waals surface area (Å²) in [5.41, 5.74) is 4.84. The van der Waals surface area contributed by atoms with Crippen molar-refractivity contribution in [1.29, 1.82) is 0 Å². The van der Waals surface area contributed by atoms with Crippen LogP contribution in [-0.2, 0) is 19.7 Å². The number of carboxylic acid groups (broad SMARTS) is 1. The van der Waals surface area contributed by atoms with Gasteiger partial charge in [-0.2, -0.15) is 0 Å². The first-order valence-corrected chi connectivity index (χ1v) is 23.5. The molecule has 1 fully saturated rings. The van der Waals surface area contributed by atoms with Gasteiger partial charge in [-0.25, -0.2) is 14.6 Å². The summed E-state index contributed by atoms with van der Waals surface area (Å²) in [6.45, 7) is 25.1. The Labute approximate surface area is 375 Å². The van der Waals surface area contributed by atoms with Crippen LogP contribution in [0.3, 0.4) is 0 Å². The van der Waals surface area contributed by atoms with Gasteiger partial charge >= 0.3 is 11.9 Å². The molecule has 1 aliphatic carbocycles. The number of fused-ring (bicyclic) bond motifs is 1. The zero-order valence-electron chi connectivity index (χ0n) is 39.1. The molecule has 1 amide bonds. The fraction of sp³-hybridized carbons (Fsp3) is 0.588. The Kier molecular flexibility index (Phi) is 17.7. The van der Waals surface area contributed by atoms with Crippen LogP contribution in [-0.4, -0.2) is 56.3 Å². The zero-order chi connectivity index (χ0) is 45.7. The highest BCUT2D eigenvalue weighted by Crippen LogP contribution is 2.39. The third kappa shape index (κ3) is 13.1. The fourth-order valence-corrected chi connectivity index (χ4v) is 8.97. The van der Waals surface area contributed by atoms with Crippen LogP contribution < -0.4 is 15.4 Å². The molecule has 1 aliphatic rings.